The first kappa shape index (κ1) is 16.8. The number of nitrogens with zero attached hydrogens (tertiary/aromatic N) is 5. The van der Waals surface area contributed by atoms with Crippen molar-refractivity contribution in [1.29, 1.82) is 0 Å². The van der Waals surface area contributed by atoms with Gasteiger partial charge < -0.3 is 4.90 Å². The Labute approximate surface area is 152 Å². The molecule has 0 radical (unpaired) electrons. The summed E-state index contributed by atoms with van der Waals surface area (Å²) in [5.74, 6) is 0.627. The lowest BCUT2D eigenvalue weighted by molar-refractivity contribution is 0.0600. The lowest BCUT2D eigenvalue weighted by Gasteiger charge is -2.34. The molecule has 1 amide bonds. The van der Waals surface area contributed by atoms with Crippen molar-refractivity contribution in [3.63, 3.8) is 0 Å². The van der Waals surface area contributed by atoms with Crippen LogP contribution in [0, 0.1) is 0 Å². The minimum atomic E-state index is -0.0693. The molecule has 0 spiro atoms. The van der Waals surface area contributed by atoms with Crippen LogP contribution in [0.1, 0.15) is 68.0 Å². The minimum Gasteiger partial charge on any atom is -0.329 e. The summed E-state index contributed by atoms with van der Waals surface area (Å²) in [6.07, 6.45) is 8.55. The van der Waals surface area contributed by atoms with Crippen molar-refractivity contribution in [2.75, 3.05) is 6.54 Å². The molecule has 0 bridgehead atoms. The third kappa shape index (κ3) is 2.98. The third-order valence-corrected chi connectivity index (χ3v) is 4.99. The number of hydrogen-bond donors (Lipinski definition) is 1. The Balaban J connectivity index is 1.64. The van der Waals surface area contributed by atoms with E-state index in [1.807, 2.05) is 33.8 Å². The van der Waals surface area contributed by atoms with Gasteiger partial charge >= 0.3 is 0 Å². The van der Waals surface area contributed by atoms with Crippen LogP contribution in [0.3, 0.4) is 0 Å². The summed E-state index contributed by atoms with van der Waals surface area (Å²) in [4.78, 5) is 24.0. The van der Waals surface area contributed by atoms with Crippen LogP contribution < -0.4 is 0 Å². The second-order valence-electron chi connectivity index (χ2n) is 7.91. The van der Waals surface area contributed by atoms with E-state index >= 15 is 0 Å². The summed E-state index contributed by atoms with van der Waals surface area (Å²) in [6.45, 7) is 7.02. The molecule has 0 saturated carbocycles. The van der Waals surface area contributed by atoms with Crippen molar-refractivity contribution in [1.82, 2.24) is 29.5 Å². The number of rotatable bonds is 2. The molecule has 7 nitrogen and oxygen atoms in total. The van der Waals surface area contributed by atoms with E-state index in [9.17, 15) is 4.79 Å². The molecule has 1 aliphatic rings. The quantitative estimate of drug-likeness (QED) is 0.768. The number of aromatic amines is 1. The predicted octanol–water partition coefficient (Wildman–Crippen LogP) is 3.12. The Morgan fingerprint density at radius 3 is 2.88 bits per heavy atom. The average Bonchev–Trinajstić information content (AvgIpc) is 3.29. The van der Waals surface area contributed by atoms with Gasteiger partial charge in [0.05, 0.1) is 11.7 Å². The maximum Gasteiger partial charge on any atom is 0.274 e. The lowest BCUT2D eigenvalue weighted by atomic mass is 9.92. The number of carbonyl (C=O) groups is 1. The molecule has 3 aromatic rings. The summed E-state index contributed by atoms with van der Waals surface area (Å²) in [5, 5.41) is 7.29. The van der Waals surface area contributed by atoms with Crippen molar-refractivity contribution in [2.45, 2.75) is 51.5 Å². The summed E-state index contributed by atoms with van der Waals surface area (Å²) in [7, 11) is 0. The Kier molecular flexibility index (Phi) is 4.01. The van der Waals surface area contributed by atoms with E-state index in [1.165, 1.54) is 0 Å². The molecule has 1 fully saturated rings. The van der Waals surface area contributed by atoms with Gasteiger partial charge in [-0.25, -0.2) is 9.97 Å². The molecule has 26 heavy (non-hydrogen) atoms. The van der Waals surface area contributed by atoms with E-state index < -0.39 is 0 Å². The molecule has 0 aliphatic carbocycles. The summed E-state index contributed by atoms with van der Waals surface area (Å²) < 4.78 is 1.88. The molecule has 0 unspecified atom stereocenters. The Bertz CT molecular complexity index is 935. The third-order valence-electron chi connectivity index (χ3n) is 4.99. The van der Waals surface area contributed by atoms with Crippen LogP contribution in [0.25, 0.3) is 5.78 Å². The molecule has 1 aliphatic heterocycles. The van der Waals surface area contributed by atoms with Crippen molar-refractivity contribution in [2.24, 2.45) is 0 Å². The predicted molar refractivity (Wildman–Crippen MR) is 97.9 cm³/mol. The zero-order valence-electron chi connectivity index (χ0n) is 15.4. The fourth-order valence-electron chi connectivity index (χ4n) is 3.45. The number of piperidine rings is 1. The molecule has 136 valence electrons. The smallest absolute Gasteiger partial charge is 0.274 e. The molecule has 7 heteroatoms. The highest BCUT2D eigenvalue weighted by atomic mass is 16.2. The van der Waals surface area contributed by atoms with Crippen LogP contribution in [0.2, 0.25) is 0 Å². The molecule has 0 aromatic carbocycles. The molecule has 4 heterocycles. The molecule has 1 N–H and O–H groups in total. The first-order valence-corrected chi connectivity index (χ1v) is 9.10. The topological polar surface area (TPSA) is 79.2 Å². The van der Waals surface area contributed by atoms with Gasteiger partial charge in [0, 0.05) is 36.2 Å². The van der Waals surface area contributed by atoms with E-state index in [1.54, 1.807) is 6.20 Å². The van der Waals surface area contributed by atoms with Crippen LogP contribution >= 0.6 is 0 Å². The molecule has 4 rings (SSSR count). The minimum absolute atomic E-state index is 0.0345. The van der Waals surface area contributed by atoms with Gasteiger partial charge in [-0.1, -0.05) is 20.8 Å². The Morgan fingerprint density at radius 2 is 2.12 bits per heavy atom. The van der Waals surface area contributed by atoms with Crippen molar-refractivity contribution >= 4 is 11.7 Å². The van der Waals surface area contributed by atoms with E-state index in [0.29, 0.717) is 11.5 Å². The van der Waals surface area contributed by atoms with E-state index in [2.05, 4.69) is 40.9 Å². The Morgan fingerprint density at radius 1 is 1.27 bits per heavy atom. The Hall–Kier alpha value is -2.70. The van der Waals surface area contributed by atoms with Gasteiger partial charge in [-0.2, -0.15) is 5.10 Å². The van der Waals surface area contributed by atoms with Crippen LogP contribution in [0.4, 0.5) is 0 Å². The SMILES string of the molecule is CC(C)(C)c1cc(C(=O)N2CCCC[C@H]2c2ccn3ccnc3n2)n[nH]1. The number of imidazole rings is 1. The van der Waals surface area contributed by atoms with Crippen molar-refractivity contribution in [3.8, 4) is 0 Å². The standard InChI is InChI=1S/C19H24N6O/c1-19(2,3)16-12-14(22-23-16)17(26)25-9-5-4-6-15(25)13-7-10-24-11-8-20-18(24)21-13/h7-8,10-12,15H,4-6,9H2,1-3H3,(H,22,23)/t15-/m0/s1. The maximum absolute atomic E-state index is 13.1. The normalized spacial score (nSPS) is 18.4. The fraction of sp³-hybridized carbons (Fsp3) is 0.474. The first-order chi connectivity index (χ1) is 12.4. The maximum atomic E-state index is 13.1. The summed E-state index contributed by atoms with van der Waals surface area (Å²) in [6, 6.07) is 3.82. The van der Waals surface area contributed by atoms with Gasteiger partial charge in [0.25, 0.3) is 5.91 Å². The largest absolute Gasteiger partial charge is 0.329 e. The van der Waals surface area contributed by atoms with Gasteiger partial charge in [-0.15, -0.1) is 0 Å². The van der Waals surface area contributed by atoms with E-state index in [4.69, 9.17) is 0 Å². The monoisotopic (exact) mass is 352 g/mol. The molecule has 1 atom stereocenters. The number of nitrogens with one attached hydrogen (secondary N) is 1. The number of aromatic nitrogens is 5. The summed E-state index contributed by atoms with van der Waals surface area (Å²) in [5.41, 5.74) is 2.26. The highest BCUT2D eigenvalue weighted by molar-refractivity contribution is 5.92. The number of hydrogen-bond acceptors (Lipinski definition) is 4. The molecular weight excluding hydrogens is 328 g/mol. The second kappa shape index (κ2) is 6.23. The second-order valence-corrected chi connectivity index (χ2v) is 7.91. The van der Waals surface area contributed by atoms with Crippen LogP contribution in [0.15, 0.2) is 30.7 Å². The highest BCUT2D eigenvalue weighted by Gasteiger charge is 2.31. The van der Waals surface area contributed by atoms with E-state index in [-0.39, 0.29) is 17.4 Å². The number of fused-ring (bicyclic) bond motifs is 1. The fourth-order valence-corrected chi connectivity index (χ4v) is 3.45. The van der Waals surface area contributed by atoms with Gasteiger partial charge in [-0.3, -0.25) is 14.3 Å². The number of H-pyrrole nitrogens is 1. The highest BCUT2D eigenvalue weighted by Crippen LogP contribution is 2.31. The van der Waals surface area contributed by atoms with Crippen molar-refractivity contribution in [3.05, 3.63) is 47.8 Å². The molecule has 1 saturated heterocycles. The van der Waals surface area contributed by atoms with Crippen LogP contribution in [-0.4, -0.2) is 41.9 Å². The van der Waals surface area contributed by atoms with Gasteiger partial charge in [0.2, 0.25) is 5.78 Å². The van der Waals surface area contributed by atoms with Crippen LogP contribution in [0.5, 0.6) is 0 Å². The zero-order chi connectivity index (χ0) is 18.3. The molecular formula is C19H24N6O. The first-order valence-electron chi connectivity index (χ1n) is 9.10. The molecule has 3 aromatic heterocycles. The lowest BCUT2D eigenvalue weighted by Crippen LogP contribution is -2.39. The number of amides is 1. The van der Waals surface area contributed by atoms with E-state index in [0.717, 1.165) is 37.2 Å². The summed E-state index contributed by atoms with van der Waals surface area (Å²) >= 11 is 0. The average molecular weight is 352 g/mol. The zero-order valence-corrected chi connectivity index (χ0v) is 15.4. The van der Waals surface area contributed by atoms with Gasteiger partial charge in [-0.05, 0) is 31.4 Å². The van der Waals surface area contributed by atoms with Crippen LogP contribution in [-0.2, 0) is 5.41 Å². The number of likely N-dealkylation sites (tertiary alicyclic amines) is 1. The van der Waals surface area contributed by atoms with Crippen molar-refractivity contribution < 1.29 is 4.79 Å². The van der Waals surface area contributed by atoms with Gasteiger partial charge in [0.15, 0.2) is 0 Å². The van der Waals surface area contributed by atoms with Gasteiger partial charge in [0.1, 0.15) is 5.69 Å². The number of carbonyl (C=O) groups excluding carboxylic acids is 1.